The predicted molar refractivity (Wildman–Crippen MR) is 113 cm³/mol. The van der Waals surface area contributed by atoms with Crippen molar-refractivity contribution in [2.45, 2.75) is 0 Å². The number of rotatable bonds is 4. The van der Waals surface area contributed by atoms with Gasteiger partial charge >= 0.3 is 12.1 Å². The molecule has 2 radical (unpaired) electrons. The quantitative estimate of drug-likeness (QED) is 0.383. The number of aromatic nitrogens is 1. The zero-order chi connectivity index (χ0) is 22.7. The van der Waals surface area contributed by atoms with Crippen LogP contribution in [0.5, 0.6) is 5.75 Å². The number of ether oxygens (including phenoxy) is 1. The van der Waals surface area contributed by atoms with E-state index in [9.17, 15) is 18.4 Å². The van der Waals surface area contributed by atoms with Crippen LogP contribution in [0.2, 0.25) is 0 Å². The van der Waals surface area contributed by atoms with Gasteiger partial charge in [-0.15, -0.1) is 0 Å². The summed E-state index contributed by atoms with van der Waals surface area (Å²) in [6, 6.07) is 8.15. The van der Waals surface area contributed by atoms with Gasteiger partial charge in [-0.25, -0.2) is 23.3 Å². The maximum absolute atomic E-state index is 14.3. The summed E-state index contributed by atoms with van der Waals surface area (Å²) in [6.45, 7) is 0. The number of fused-ring (bicyclic) bond motifs is 1. The Hall–Kier alpha value is -3.55. The minimum atomic E-state index is -1.12. The SMILES string of the molecule is CN(C)C=NC(=O)Oc1ccc2[c]([Al])nc(N(C(N)=O)c3c(F)cccc3F)cc2c1. The van der Waals surface area contributed by atoms with E-state index in [-0.39, 0.29) is 11.6 Å². The van der Waals surface area contributed by atoms with Crippen molar-refractivity contribution in [2.24, 2.45) is 10.7 Å². The highest BCUT2D eigenvalue weighted by atomic mass is 27.0. The number of urea groups is 1. The number of benzene rings is 2. The number of carbonyl (C=O) groups is 2. The van der Waals surface area contributed by atoms with E-state index in [4.69, 9.17) is 10.5 Å². The second-order valence-corrected chi connectivity index (χ2v) is 7.12. The summed E-state index contributed by atoms with van der Waals surface area (Å²) in [6.07, 6.45) is 0.459. The lowest BCUT2D eigenvalue weighted by Gasteiger charge is -2.22. The van der Waals surface area contributed by atoms with E-state index in [0.717, 1.165) is 12.1 Å². The second-order valence-electron chi connectivity index (χ2n) is 6.57. The lowest BCUT2D eigenvalue weighted by atomic mass is 10.1. The standard InChI is InChI=1S/C20H16F2N5O3.Al/c1-26(2)11-25-20(29)30-14-7-6-12-10-24-17(9-13(12)8-14)27(19(23)28)18-15(21)4-3-5-16(18)22;/h3-9,11H,1-2H3,(H2,23,28);. The number of anilines is 2. The zero-order valence-corrected chi connectivity index (χ0v) is 17.7. The first kappa shape index (κ1) is 22.1. The Morgan fingerprint density at radius 2 is 1.84 bits per heavy atom. The molecule has 8 nitrogen and oxygen atoms in total. The molecule has 0 atom stereocenters. The fourth-order valence-electron chi connectivity index (χ4n) is 2.76. The van der Waals surface area contributed by atoms with Crippen LogP contribution in [-0.4, -0.2) is 58.7 Å². The van der Waals surface area contributed by atoms with Gasteiger partial charge < -0.3 is 15.4 Å². The normalized spacial score (nSPS) is 11.0. The third-order valence-electron chi connectivity index (χ3n) is 4.03. The number of halogens is 2. The average Bonchev–Trinajstić information content (AvgIpc) is 2.68. The summed E-state index contributed by atoms with van der Waals surface area (Å²) in [5.41, 5.74) is 4.76. The summed E-state index contributed by atoms with van der Waals surface area (Å²) >= 11 is 2.38. The summed E-state index contributed by atoms with van der Waals surface area (Å²) in [5.74, 6) is -1.89. The van der Waals surface area contributed by atoms with Gasteiger partial charge in [0, 0.05) is 14.1 Å². The fraction of sp³-hybridized carbons (Fsp3) is 0.100. The molecule has 0 bridgehead atoms. The number of nitrogens with zero attached hydrogens (tertiary/aromatic N) is 4. The van der Waals surface area contributed by atoms with Gasteiger partial charge in [0.05, 0.1) is 6.34 Å². The van der Waals surface area contributed by atoms with Crippen molar-refractivity contribution in [3.8, 4) is 5.75 Å². The summed E-state index contributed by atoms with van der Waals surface area (Å²) in [4.78, 5) is 34.0. The van der Waals surface area contributed by atoms with E-state index >= 15 is 0 Å². The van der Waals surface area contributed by atoms with Crippen molar-refractivity contribution in [3.05, 3.63) is 54.1 Å². The molecule has 2 aromatic carbocycles. The number of amides is 3. The third-order valence-corrected chi connectivity index (χ3v) is 4.47. The van der Waals surface area contributed by atoms with Crippen molar-refractivity contribution in [2.75, 3.05) is 19.0 Å². The van der Waals surface area contributed by atoms with Crippen LogP contribution in [0, 0.1) is 11.6 Å². The van der Waals surface area contributed by atoms with Crippen molar-refractivity contribution in [1.82, 2.24) is 9.88 Å². The van der Waals surface area contributed by atoms with Gasteiger partial charge in [0.1, 0.15) is 28.9 Å². The number of carbonyl (C=O) groups excluding carboxylic acids is 2. The van der Waals surface area contributed by atoms with E-state index in [2.05, 4.69) is 26.3 Å². The number of para-hydroxylation sites is 1. The molecule has 0 aliphatic rings. The number of hydrogen-bond acceptors (Lipinski definition) is 4. The van der Waals surface area contributed by atoms with E-state index in [1.54, 1.807) is 31.1 Å². The van der Waals surface area contributed by atoms with E-state index in [1.165, 1.54) is 24.5 Å². The highest BCUT2D eigenvalue weighted by molar-refractivity contribution is 6.37. The lowest BCUT2D eigenvalue weighted by Crippen LogP contribution is -2.34. The smallest absolute Gasteiger partial charge is 0.409 e. The van der Waals surface area contributed by atoms with Gasteiger partial charge in [0.2, 0.25) is 16.3 Å². The molecular weight excluding hydrogens is 423 g/mol. The monoisotopic (exact) mass is 439 g/mol. The maximum Gasteiger partial charge on any atom is 0.440 e. The predicted octanol–water partition coefficient (Wildman–Crippen LogP) is 2.61. The first-order chi connectivity index (χ1) is 14.7. The Kier molecular flexibility index (Phi) is 6.48. The largest absolute Gasteiger partial charge is 0.440 e. The van der Waals surface area contributed by atoms with Crippen molar-refractivity contribution < 1.29 is 23.1 Å². The molecule has 0 saturated carbocycles. The minimum Gasteiger partial charge on any atom is -0.409 e. The highest BCUT2D eigenvalue weighted by Gasteiger charge is 2.24. The van der Waals surface area contributed by atoms with Crippen LogP contribution in [0.4, 0.5) is 29.9 Å². The first-order valence-electron chi connectivity index (χ1n) is 8.83. The molecule has 1 aromatic heterocycles. The molecule has 0 spiro atoms. The zero-order valence-electron chi connectivity index (χ0n) is 16.5. The van der Waals surface area contributed by atoms with Crippen molar-refractivity contribution >= 4 is 61.6 Å². The van der Waals surface area contributed by atoms with Gasteiger partial charge in [-0.2, -0.15) is 4.99 Å². The Morgan fingerprint density at radius 1 is 1.16 bits per heavy atom. The Balaban J connectivity index is 2.07. The molecule has 11 heteroatoms. The van der Waals surface area contributed by atoms with Crippen LogP contribution in [0.1, 0.15) is 0 Å². The Bertz CT molecular complexity index is 1180. The number of hydrogen-bond donors (Lipinski definition) is 1. The molecule has 0 fully saturated rings. The van der Waals surface area contributed by atoms with E-state index in [1.807, 2.05) is 0 Å². The van der Waals surface area contributed by atoms with Crippen LogP contribution in [0.3, 0.4) is 0 Å². The average molecular weight is 439 g/mol. The summed E-state index contributed by atoms with van der Waals surface area (Å²) in [5, 5.41) is 1.13. The molecule has 0 aliphatic heterocycles. The lowest BCUT2D eigenvalue weighted by molar-refractivity contribution is 0.211. The van der Waals surface area contributed by atoms with Crippen LogP contribution in [0.15, 0.2) is 47.5 Å². The number of nitrogens with two attached hydrogens (primary N) is 1. The molecule has 3 rings (SSSR count). The summed E-state index contributed by atoms with van der Waals surface area (Å²) < 4.78 is 34.2. The van der Waals surface area contributed by atoms with E-state index in [0.29, 0.717) is 20.2 Å². The van der Waals surface area contributed by atoms with Gasteiger partial charge in [-0.1, -0.05) is 12.1 Å². The van der Waals surface area contributed by atoms with Gasteiger partial charge in [-0.05, 0) is 45.7 Å². The van der Waals surface area contributed by atoms with Gasteiger partial charge in [0.15, 0.2) is 0 Å². The number of pyridine rings is 1. The minimum absolute atomic E-state index is 0.108. The second kappa shape index (κ2) is 9.08. The fourth-order valence-corrected chi connectivity index (χ4v) is 3.15. The summed E-state index contributed by atoms with van der Waals surface area (Å²) in [7, 11) is 3.40. The topological polar surface area (TPSA) is 101 Å². The molecule has 0 aliphatic carbocycles. The maximum atomic E-state index is 14.3. The molecule has 0 unspecified atom stereocenters. The van der Waals surface area contributed by atoms with Crippen LogP contribution in [0.25, 0.3) is 10.8 Å². The molecule has 1 heterocycles. The molecule has 0 saturated heterocycles. The Morgan fingerprint density at radius 3 is 2.45 bits per heavy atom. The highest BCUT2D eigenvalue weighted by Crippen LogP contribution is 2.31. The van der Waals surface area contributed by atoms with Crippen LogP contribution < -0.4 is 19.9 Å². The number of aliphatic imine (C=N–C) groups is 1. The third kappa shape index (κ3) is 4.96. The van der Waals surface area contributed by atoms with Crippen molar-refractivity contribution in [3.63, 3.8) is 0 Å². The van der Waals surface area contributed by atoms with E-state index < -0.39 is 29.4 Å². The first-order valence-corrected chi connectivity index (χ1v) is 9.41. The van der Waals surface area contributed by atoms with Crippen LogP contribution >= 0.6 is 0 Å². The molecule has 31 heavy (non-hydrogen) atoms. The molecule has 156 valence electrons. The molecule has 2 N–H and O–H groups in total. The molecular formula is C20H16AlF2N5O3. The molecule has 3 aromatic rings. The number of primary amides is 1. The van der Waals surface area contributed by atoms with Crippen molar-refractivity contribution in [1.29, 1.82) is 0 Å². The van der Waals surface area contributed by atoms with Gasteiger partial charge in [-0.3, -0.25) is 4.98 Å². The van der Waals surface area contributed by atoms with Gasteiger partial charge in [0.25, 0.3) is 0 Å². The van der Waals surface area contributed by atoms with Crippen LogP contribution in [-0.2, 0) is 0 Å². The Labute approximate surface area is 184 Å². The molecule has 3 amide bonds.